The molecule has 2 unspecified atom stereocenters. The van der Waals surface area contributed by atoms with Gasteiger partial charge in [0.1, 0.15) is 17.0 Å². The molecular formula is C31H48N8O7. The van der Waals surface area contributed by atoms with Crippen molar-refractivity contribution in [2.75, 3.05) is 51.1 Å². The highest BCUT2D eigenvalue weighted by Crippen LogP contribution is 2.46. The normalized spacial score (nSPS) is 26.6. The first-order valence-corrected chi connectivity index (χ1v) is 16.3. The first kappa shape index (κ1) is 33.5. The number of carbonyl (C=O) groups excluding carboxylic acids is 3. The van der Waals surface area contributed by atoms with E-state index in [9.17, 15) is 24.0 Å². The minimum atomic E-state index is -1.28. The Kier molecular flexibility index (Phi) is 9.52. The number of hydrogen-bond acceptors (Lipinski definition) is 8. The number of fused-ring (bicyclic) bond motifs is 1. The van der Waals surface area contributed by atoms with Crippen LogP contribution in [0.4, 0.5) is 20.2 Å². The largest absolute Gasteiger partial charge is 0.465 e. The van der Waals surface area contributed by atoms with Gasteiger partial charge in [-0.2, -0.15) is 4.98 Å². The van der Waals surface area contributed by atoms with Crippen molar-refractivity contribution in [3.63, 3.8) is 0 Å². The molecule has 5 amide bonds. The number of alkyl carbamates (subject to hydrolysis) is 1. The number of amides is 5. The first-order valence-electron chi connectivity index (χ1n) is 16.3. The van der Waals surface area contributed by atoms with Gasteiger partial charge >= 0.3 is 23.9 Å². The molecule has 15 nitrogen and oxygen atoms in total. The maximum atomic E-state index is 12.9. The number of piperazine rings is 1. The smallest absolute Gasteiger partial charge is 0.407 e. The van der Waals surface area contributed by atoms with Crippen LogP contribution in [-0.4, -0.2) is 116 Å². The van der Waals surface area contributed by atoms with E-state index >= 15 is 0 Å². The van der Waals surface area contributed by atoms with Crippen molar-refractivity contribution in [3.8, 4) is 0 Å². The van der Waals surface area contributed by atoms with Crippen LogP contribution >= 0.6 is 0 Å². The second kappa shape index (κ2) is 13.1. The molecular weight excluding hydrogens is 596 g/mol. The second-order valence-electron chi connectivity index (χ2n) is 14.7. The van der Waals surface area contributed by atoms with Crippen LogP contribution < -0.4 is 21.6 Å². The van der Waals surface area contributed by atoms with Gasteiger partial charge in [0.2, 0.25) is 5.91 Å². The Morgan fingerprint density at radius 2 is 1.57 bits per heavy atom. The average Bonchev–Trinajstić information content (AvgIpc) is 3.38. The number of carboxylic acid groups (broad SMARTS) is 1. The molecule has 1 aromatic rings. The number of piperidine rings is 1. The fourth-order valence-corrected chi connectivity index (χ4v) is 7.17. The fraction of sp³-hybridized carbons (Fsp3) is 0.742. The van der Waals surface area contributed by atoms with Crippen LogP contribution in [0.3, 0.4) is 0 Å². The number of aromatic nitrogens is 2. The van der Waals surface area contributed by atoms with E-state index in [0.29, 0.717) is 17.8 Å². The Bertz CT molecular complexity index is 1360. The quantitative estimate of drug-likeness (QED) is 0.346. The van der Waals surface area contributed by atoms with Gasteiger partial charge in [0.05, 0.1) is 0 Å². The van der Waals surface area contributed by atoms with Gasteiger partial charge in [0.15, 0.2) is 0 Å². The van der Waals surface area contributed by atoms with Crippen molar-refractivity contribution in [2.45, 2.75) is 83.5 Å². The highest BCUT2D eigenvalue weighted by atomic mass is 16.6. The van der Waals surface area contributed by atoms with E-state index in [2.05, 4.69) is 25.8 Å². The Balaban J connectivity index is 1.02. The molecule has 2 atom stereocenters. The van der Waals surface area contributed by atoms with Crippen molar-refractivity contribution < 1.29 is 29.0 Å². The zero-order valence-corrected chi connectivity index (χ0v) is 27.5. The third kappa shape index (κ3) is 8.09. The number of carbonyl (C=O) groups is 4. The summed E-state index contributed by atoms with van der Waals surface area (Å²) in [7, 11) is 0. The molecule has 0 aromatic carbocycles. The number of ether oxygens (including phenoxy) is 1. The first-order chi connectivity index (χ1) is 21.6. The number of likely N-dealkylation sites (tertiary alicyclic amines) is 1. The van der Waals surface area contributed by atoms with Gasteiger partial charge in [-0.3, -0.25) is 14.7 Å². The summed E-state index contributed by atoms with van der Waals surface area (Å²) in [4.78, 5) is 71.3. The fourth-order valence-electron chi connectivity index (χ4n) is 7.17. The number of anilines is 1. The van der Waals surface area contributed by atoms with Crippen LogP contribution in [0, 0.1) is 17.8 Å². The summed E-state index contributed by atoms with van der Waals surface area (Å²) in [6.07, 6.45) is 3.93. The van der Waals surface area contributed by atoms with Gasteiger partial charge in [0, 0.05) is 64.1 Å². The Hall–Kier alpha value is -3.88. The third-order valence-electron chi connectivity index (χ3n) is 9.55. The summed E-state index contributed by atoms with van der Waals surface area (Å²) in [6, 6.07) is 1.52. The summed E-state index contributed by atoms with van der Waals surface area (Å²) < 4.78 is 7.06. The zero-order chi connectivity index (χ0) is 33.4. The Morgan fingerprint density at radius 3 is 2.13 bits per heavy atom. The van der Waals surface area contributed by atoms with E-state index < -0.39 is 29.0 Å². The van der Waals surface area contributed by atoms with E-state index in [0.717, 1.165) is 45.3 Å². The number of urea groups is 1. The molecule has 0 spiro atoms. The third-order valence-corrected chi connectivity index (χ3v) is 9.55. The van der Waals surface area contributed by atoms with Crippen molar-refractivity contribution in [1.82, 2.24) is 34.9 Å². The van der Waals surface area contributed by atoms with Crippen LogP contribution in [0.1, 0.15) is 66.3 Å². The topological polar surface area (TPSA) is 178 Å². The van der Waals surface area contributed by atoms with Crippen LogP contribution in [0.5, 0.6) is 0 Å². The minimum Gasteiger partial charge on any atom is -0.465 e. The minimum absolute atomic E-state index is 0.0703. The molecule has 2 aliphatic heterocycles. The Labute approximate surface area is 269 Å². The van der Waals surface area contributed by atoms with Gasteiger partial charge in [-0.1, -0.05) is 0 Å². The van der Waals surface area contributed by atoms with Gasteiger partial charge in [0.25, 0.3) is 0 Å². The average molecular weight is 645 g/mol. The van der Waals surface area contributed by atoms with Crippen molar-refractivity contribution >= 4 is 29.9 Å². The predicted molar refractivity (Wildman–Crippen MR) is 168 cm³/mol. The van der Waals surface area contributed by atoms with Gasteiger partial charge in [-0.15, -0.1) is 0 Å². The predicted octanol–water partition coefficient (Wildman–Crippen LogP) is 2.15. The number of rotatable bonds is 7. The van der Waals surface area contributed by atoms with Gasteiger partial charge < -0.3 is 35.2 Å². The molecule has 4 N–H and O–H groups in total. The summed E-state index contributed by atoms with van der Waals surface area (Å²) in [6.45, 7) is 12.7. The van der Waals surface area contributed by atoms with Crippen LogP contribution in [0.25, 0.3) is 0 Å². The highest BCUT2D eigenvalue weighted by Gasteiger charge is 2.56. The van der Waals surface area contributed by atoms with Crippen molar-refractivity contribution in [1.29, 1.82) is 0 Å². The lowest BCUT2D eigenvalue weighted by atomic mass is 9.85. The Morgan fingerprint density at radius 1 is 0.957 bits per heavy atom. The van der Waals surface area contributed by atoms with Crippen LogP contribution in [0.15, 0.2) is 17.1 Å². The molecule has 5 rings (SSSR count). The SMILES string of the molecule is CC(C)(C)OC(=O)NC1C2CN(CC3CCC(n4ccc(NC(=O)N5CCN(C(=O)C(C)(C)NC(=O)O)CC5)nc4=O)CC3)CC21. The molecule has 46 heavy (non-hydrogen) atoms. The number of hydrogen-bond donors (Lipinski definition) is 4. The molecule has 1 aromatic heterocycles. The molecule has 2 saturated carbocycles. The van der Waals surface area contributed by atoms with Crippen molar-refractivity contribution in [3.05, 3.63) is 22.7 Å². The maximum absolute atomic E-state index is 12.9. The molecule has 0 bridgehead atoms. The lowest BCUT2D eigenvalue weighted by Crippen LogP contribution is -2.60. The van der Waals surface area contributed by atoms with Crippen LogP contribution in [-0.2, 0) is 9.53 Å². The molecule has 2 aliphatic carbocycles. The molecule has 4 fully saturated rings. The lowest BCUT2D eigenvalue weighted by molar-refractivity contribution is -0.138. The summed E-state index contributed by atoms with van der Waals surface area (Å²) >= 11 is 0. The maximum Gasteiger partial charge on any atom is 0.407 e. The molecule has 0 radical (unpaired) electrons. The summed E-state index contributed by atoms with van der Waals surface area (Å²) in [5.74, 6) is 1.40. The molecule has 15 heteroatoms. The van der Waals surface area contributed by atoms with E-state index in [1.807, 2.05) is 20.8 Å². The second-order valence-corrected chi connectivity index (χ2v) is 14.7. The summed E-state index contributed by atoms with van der Waals surface area (Å²) in [5, 5.41) is 16.9. The van der Waals surface area contributed by atoms with E-state index in [1.165, 1.54) is 23.6 Å². The monoisotopic (exact) mass is 644 g/mol. The summed E-state index contributed by atoms with van der Waals surface area (Å²) in [5.41, 5.74) is -2.16. The van der Waals surface area contributed by atoms with Gasteiger partial charge in [-0.25, -0.2) is 19.2 Å². The molecule has 254 valence electrons. The van der Waals surface area contributed by atoms with Crippen LogP contribution in [0.2, 0.25) is 0 Å². The number of nitrogens with zero attached hydrogens (tertiary/aromatic N) is 5. The number of nitrogens with one attached hydrogen (secondary N) is 3. The molecule has 2 saturated heterocycles. The van der Waals surface area contributed by atoms with E-state index in [-0.39, 0.29) is 56.1 Å². The molecule has 3 heterocycles. The van der Waals surface area contributed by atoms with Gasteiger partial charge in [-0.05, 0) is 84.1 Å². The van der Waals surface area contributed by atoms with Crippen molar-refractivity contribution in [2.24, 2.45) is 17.8 Å². The zero-order valence-electron chi connectivity index (χ0n) is 27.5. The molecule has 4 aliphatic rings. The highest BCUT2D eigenvalue weighted by molar-refractivity contribution is 5.90. The van der Waals surface area contributed by atoms with E-state index in [1.54, 1.807) is 16.8 Å². The standard InChI is InChI=1S/C31H48N8O7/c1-30(2,3)46-29(45)34-24-21-17-36(18-22(21)24)16-19-6-8-20(9-7-19)39-11-10-23(33-27(39)42)32-26(41)38-14-12-37(13-15-38)25(40)31(4,5)35-28(43)44/h10-11,19-22,24,35H,6-9,12-18H2,1-5H3,(H,34,45)(H,43,44)(H,32,33,41,42). The lowest BCUT2D eigenvalue weighted by Gasteiger charge is -2.38. The van der Waals surface area contributed by atoms with E-state index in [4.69, 9.17) is 9.84 Å².